The van der Waals surface area contributed by atoms with Crippen molar-refractivity contribution >= 4 is 71.0 Å². The molecule has 1 heterocycles. The predicted octanol–water partition coefficient (Wildman–Crippen LogP) is -0.653. The molecule has 3 aromatic carbocycles. The monoisotopic (exact) mass is 1340 g/mol. The quantitative estimate of drug-likeness (QED) is 0.0254. The van der Waals surface area contributed by atoms with E-state index in [1.54, 1.807) is 116 Å². The van der Waals surface area contributed by atoms with E-state index in [1.165, 1.54) is 13.0 Å². The first-order chi connectivity index (χ1) is 44.7. The van der Waals surface area contributed by atoms with E-state index in [0.717, 1.165) is 12.1 Å². The lowest BCUT2D eigenvalue weighted by molar-refractivity contribution is -0.387. The first-order valence-corrected chi connectivity index (χ1v) is 30.8. The highest BCUT2D eigenvalue weighted by Crippen LogP contribution is 2.32. The molecule has 0 unspecified atom stereocenters. The Labute approximate surface area is 547 Å². The smallest absolute Gasteiger partial charge is 0.407 e. The minimum Gasteiger partial charge on any atom is -0.480 e. The maximum absolute atomic E-state index is 14.4. The Bertz CT molecular complexity index is 3140. The van der Waals surface area contributed by atoms with Crippen LogP contribution in [-0.2, 0) is 76.9 Å². The molecular formula is C63H88N10O22. The number of nitro groups is 1. The van der Waals surface area contributed by atoms with E-state index in [9.17, 15) is 93.5 Å². The van der Waals surface area contributed by atoms with Gasteiger partial charge >= 0.3 is 23.7 Å². The number of amides is 9. The number of rotatable bonds is 36. The molecule has 32 nitrogen and oxygen atoms in total. The second-order valence-electron chi connectivity index (χ2n) is 24.2. The van der Waals surface area contributed by atoms with Gasteiger partial charge in [0.25, 0.3) is 0 Å². The molecule has 1 aliphatic rings. The molecule has 14 atom stereocenters. The van der Waals surface area contributed by atoms with E-state index in [4.69, 9.17) is 14.2 Å². The van der Waals surface area contributed by atoms with E-state index in [-0.39, 0.29) is 43.1 Å². The zero-order valence-electron chi connectivity index (χ0n) is 54.1. The molecule has 0 radical (unpaired) electrons. The number of carboxylic acid groups (broad SMARTS) is 2. The van der Waals surface area contributed by atoms with Gasteiger partial charge in [-0.25, -0.2) is 14.4 Å². The summed E-state index contributed by atoms with van der Waals surface area (Å²) in [6.07, 6.45) is -12.7. The molecule has 0 aliphatic carbocycles. The van der Waals surface area contributed by atoms with Crippen molar-refractivity contribution < 1.29 is 103 Å². The SMILES string of the molecule is CC[C@H](C)[C@H](NC(=O)CNC(=O)OCc1ccc(O[C@@H]2O[C@H](C(=O)O)[C@@H](O)[C@H](O)[C@H]2O)c([N+](=O)[O-])c1)C(=O)N[C@@H](CC(C)C)C(=O)NCC(=O)N[C@@H](Cc1ccccc1)C(=O)N[C@H](C(=O)N[C@@H](Cc1ccccc1)C(=O)N[C@H](C(=O)N[C@@H](CC(C)C)C(=O)O)[C@@H](C)O)C(C)C. The molecule has 15 N–H and O–H groups in total. The van der Waals surface area contributed by atoms with Crippen LogP contribution in [0.3, 0.4) is 0 Å². The summed E-state index contributed by atoms with van der Waals surface area (Å²) in [6.45, 7) is 12.8. The second kappa shape index (κ2) is 37.5. The van der Waals surface area contributed by atoms with Crippen LogP contribution in [0.4, 0.5) is 10.5 Å². The molecule has 1 aliphatic heterocycles. The normalized spacial score (nSPS) is 18.9. The highest BCUT2D eigenvalue weighted by molar-refractivity contribution is 5.98. The summed E-state index contributed by atoms with van der Waals surface area (Å²) in [4.78, 5) is 158. The fraction of sp³-hybridized carbons (Fsp3) is 0.540. The average Bonchev–Trinajstić information content (AvgIpc) is 0.802. The van der Waals surface area contributed by atoms with Crippen LogP contribution in [0.15, 0.2) is 78.9 Å². The van der Waals surface area contributed by atoms with Crippen molar-refractivity contribution in [1.29, 1.82) is 0 Å². The molecule has 0 saturated carbocycles. The number of carbonyl (C=O) groups excluding carboxylic acids is 9. The highest BCUT2D eigenvalue weighted by Gasteiger charge is 2.49. The van der Waals surface area contributed by atoms with Crippen LogP contribution in [-0.4, -0.2) is 193 Å². The summed E-state index contributed by atoms with van der Waals surface area (Å²) in [6, 6.07) is 10.4. The van der Waals surface area contributed by atoms with E-state index < -0.39 is 192 Å². The van der Waals surface area contributed by atoms with Crippen molar-refractivity contribution in [3.05, 3.63) is 106 Å². The van der Waals surface area contributed by atoms with Crippen LogP contribution in [0.25, 0.3) is 0 Å². The topological polar surface area (TPSA) is 488 Å². The maximum Gasteiger partial charge on any atom is 0.407 e. The van der Waals surface area contributed by atoms with Crippen molar-refractivity contribution in [1.82, 2.24) is 47.9 Å². The number of hydrogen-bond acceptors (Lipinski definition) is 20. The van der Waals surface area contributed by atoms with Gasteiger partial charge in [0.15, 0.2) is 11.9 Å². The number of aliphatic hydroxyl groups is 4. The third kappa shape index (κ3) is 24.8. The minimum absolute atomic E-state index is 0.0159. The summed E-state index contributed by atoms with van der Waals surface area (Å²) in [5.41, 5.74) is 0.411. The Hall–Kier alpha value is -9.37. The molecule has 95 heavy (non-hydrogen) atoms. The van der Waals surface area contributed by atoms with Crippen LogP contribution in [0.2, 0.25) is 0 Å². The number of hydrogen-bond donors (Lipinski definition) is 15. The zero-order chi connectivity index (χ0) is 71.0. The van der Waals surface area contributed by atoms with Gasteiger partial charge in [0.2, 0.25) is 53.5 Å². The lowest BCUT2D eigenvalue weighted by atomic mass is 9.96. The van der Waals surface area contributed by atoms with Crippen LogP contribution in [0, 0.1) is 33.8 Å². The number of carbonyl (C=O) groups is 11. The zero-order valence-corrected chi connectivity index (χ0v) is 54.1. The van der Waals surface area contributed by atoms with E-state index in [1.807, 2.05) is 0 Å². The Morgan fingerprint density at radius 3 is 1.57 bits per heavy atom. The molecule has 4 rings (SSSR count). The van der Waals surface area contributed by atoms with Gasteiger partial charge in [0, 0.05) is 18.9 Å². The van der Waals surface area contributed by atoms with Gasteiger partial charge in [-0.3, -0.25) is 48.5 Å². The second-order valence-corrected chi connectivity index (χ2v) is 24.2. The molecule has 0 spiro atoms. The first-order valence-electron chi connectivity index (χ1n) is 30.8. The average molecular weight is 1340 g/mol. The summed E-state index contributed by atoms with van der Waals surface area (Å²) >= 11 is 0. The summed E-state index contributed by atoms with van der Waals surface area (Å²) < 4.78 is 15.5. The molecule has 1 saturated heterocycles. The predicted molar refractivity (Wildman–Crippen MR) is 336 cm³/mol. The van der Waals surface area contributed by atoms with Crippen molar-refractivity contribution in [3.8, 4) is 5.75 Å². The number of aliphatic hydroxyl groups excluding tert-OH is 4. The van der Waals surface area contributed by atoms with Gasteiger partial charge < -0.3 is 92.7 Å². The molecule has 1 fully saturated rings. The number of benzene rings is 3. The van der Waals surface area contributed by atoms with Gasteiger partial charge in [0.1, 0.15) is 73.8 Å². The molecular weight excluding hydrogens is 1250 g/mol. The van der Waals surface area contributed by atoms with Crippen LogP contribution < -0.4 is 52.6 Å². The lowest BCUT2D eigenvalue weighted by Gasteiger charge is -2.38. The third-order valence-corrected chi connectivity index (χ3v) is 15.1. The number of ether oxygens (including phenoxy) is 3. The molecule has 32 heteroatoms. The highest BCUT2D eigenvalue weighted by atomic mass is 16.7. The summed E-state index contributed by atoms with van der Waals surface area (Å²) in [5, 5.41) is 94.7. The van der Waals surface area contributed by atoms with Crippen molar-refractivity contribution in [2.45, 2.75) is 180 Å². The Kier molecular flexibility index (Phi) is 30.8. The number of aliphatic carboxylic acids is 2. The fourth-order valence-electron chi connectivity index (χ4n) is 9.73. The lowest BCUT2D eigenvalue weighted by Crippen LogP contribution is -2.62. The van der Waals surface area contributed by atoms with Gasteiger partial charge in [-0.15, -0.1) is 0 Å². The fourth-order valence-corrected chi connectivity index (χ4v) is 9.73. The molecule has 9 amide bonds. The molecule has 522 valence electrons. The van der Waals surface area contributed by atoms with Crippen molar-refractivity contribution in [2.75, 3.05) is 13.1 Å². The molecule has 0 aromatic heterocycles. The third-order valence-electron chi connectivity index (χ3n) is 15.1. The van der Waals surface area contributed by atoms with Gasteiger partial charge in [-0.1, -0.05) is 129 Å². The molecule has 3 aromatic rings. The number of nitrogens with zero attached hydrogens (tertiary/aromatic N) is 1. The summed E-state index contributed by atoms with van der Waals surface area (Å²) in [5.74, 6) is -12.1. The Balaban J connectivity index is 1.42. The van der Waals surface area contributed by atoms with Crippen molar-refractivity contribution in [2.24, 2.45) is 23.7 Å². The van der Waals surface area contributed by atoms with Crippen LogP contribution >= 0.6 is 0 Å². The van der Waals surface area contributed by atoms with Crippen LogP contribution in [0.1, 0.15) is 98.3 Å². The first kappa shape index (κ1) is 78.1. The Morgan fingerprint density at radius 2 is 1.05 bits per heavy atom. The summed E-state index contributed by atoms with van der Waals surface area (Å²) in [7, 11) is 0. The maximum atomic E-state index is 14.4. The van der Waals surface area contributed by atoms with Gasteiger partial charge in [-0.05, 0) is 66.2 Å². The minimum atomic E-state index is -2.06. The standard InChI is InChI=1S/C63H88N10O22/c1-10-34(8)48(70-46(76)29-65-63(90)93-30-38-21-22-44(43(27-38)73(91)92)94-62-52(79)50(77)51(78)53(95-62)61(88)89)58(84)67-39(23-31(2)3)54(80)64-28-45(75)66-40(25-36-17-13-11-14-18-36)55(81)71-47(33(6)7)57(83)68-41(26-37-19-15-12-16-20-37)56(82)72-49(35(9)74)59(85)69-42(60(86)87)24-32(4)5/h11-22,27,31-35,39-42,47-53,62,74,77-79H,10,23-26,28-30H2,1-9H3,(H,64,80)(H,65,90)(H,66,75)(H,67,84)(H,68,83)(H,69,85)(H,70,76)(H,71,81)(H,72,82)(H,86,87)(H,88,89)/t34-,35+,39-,40-,41-,42-,47-,48-,49-,50-,51-,52+,53-,62+/m0/s1. The largest absolute Gasteiger partial charge is 0.480 e. The van der Waals surface area contributed by atoms with E-state index >= 15 is 0 Å². The van der Waals surface area contributed by atoms with Gasteiger partial charge in [-0.2, -0.15) is 0 Å². The Morgan fingerprint density at radius 1 is 0.558 bits per heavy atom. The number of carboxylic acids is 2. The van der Waals surface area contributed by atoms with E-state index in [0.29, 0.717) is 17.5 Å². The number of alkyl carbamates (subject to hydrolysis) is 1. The number of nitrogens with one attached hydrogen (secondary N) is 9. The van der Waals surface area contributed by atoms with Gasteiger partial charge in [0.05, 0.1) is 17.6 Å². The van der Waals surface area contributed by atoms with Crippen molar-refractivity contribution in [3.63, 3.8) is 0 Å². The molecule has 0 bridgehead atoms. The van der Waals surface area contributed by atoms with Crippen LogP contribution in [0.5, 0.6) is 5.75 Å². The van der Waals surface area contributed by atoms with E-state index in [2.05, 4.69) is 47.9 Å². The number of nitro benzene ring substituents is 1.